The van der Waals surface area contributed by atoms with Crippen LogP contribution in [-0.4, -0.2) is 30.2 Å². The third-order valence-electron chi connectivity index (χ3n) is 3.28. The molecule has 2 aromatic heterocycles. The zero-order valence-electron chi connectivity index (χ0n) is 14.5. The fourth-order valence-corrected chi connectivity index (χ4v) is 4.65. The van der Waals surface area contributed by atoms with E-state index in [1.807, 2.05) is 0 Å². The highest BCUT2D eigenvalue weighted by Crippen LogP contribution is 2.22. The minimum atomic E-state index is -3.84. The summed E-state index contributed by atoms with van der Waals surface area (Å²) in [6.07, 6.45) is 1.59. The first kappa shape index (κ1) is 19.9. The summed E-state index contributed by atoms with van der Waals surface area (Å²) in [5, 5.41) is 9.20. The molecule has 0 atom stereocenters. The second-order valence-electron chi connectivity index (χ2n) is 5.52. The molecule has 146 valence electrons. The average molecular weight is 438 g/mol. The molecule has 0 radical (unpaired) electrons. The molecule has 0 aliphatic rings. The van der Waals surface area contributed by atoms with Gasteiger partial charge in [-0.15, -0.1) is 22.7 Å². The molecule has 9 nitrogen and oxygen atoms in total. The Morgan fingerprint density at radius 2 is 1.82 bits per heavy atom. The van der Waals surface area contributed by atoms with Gasteiger partial charge in [-0.05, 0) is 24.3 Å². The molecule has 0 saturated heterocycles. The number of sulfonamides is 1. The number of hydrogen-bond donors (Lipinski definition) is 3. The van der Waals surface area contributed by atoms with Crippen LogP contribution in [0.4, 0.5) is 16.0 Å². The SMILES string of the molecule is CC(=O)Nc1ccc(S(=O)(=O)Nc2nc(CC(=O)Nc3nccs3)cs2)cc1. The van der Waals surface area contributed by atoms with Crippen molar-refractivity contribution < 1.29 is 18.0 Å². The largest absolute Gasteiger partial charge is 0.326 e. The summed E-state index contributed by atoms with van der Waals surface area (Å²) in [6.45, 7) is 1.36. The van der Waals surface area contributed by atoms with Gasteiger partial charge in [0.25, 0.3) is 10.0 Å². The lowest BCUT2D eigenvalue weighted by Crippen LogP contribution is -2.15. The van der Waals surface area contributed by atoms with Gasteiger partial charge < -0.3 is 10.6 Å². The van der Waals surface area contributed by atoms with Crippen molar-refractivity contribution in [2.45, 2.75) is 18.2 Å². The molecule has 0 unspecified atom stereocenters. The molecule has 0 aliphatic heterocycles. The number of rotatable bonds is 7. The predicted octanol–water partition coefficient (Wildman–Crippen LogP) is 2.54. The molecule has 28 heavy (non-hydrogen) atoms. The molecule has 3 N–H and O–H groups in total. The maximum absolute atomic E-state index is 12.5. The molecular formula is C16H15N5O4S3. The van der Waals surface area contributed by atoms with Gasteiger partial charge in [-0.3, -0.25) is 14.3 Å². The standard InChI is InChI=1S/C16H15N5O4S3/c1-10(22)18-11-2-4-13(5-3-11)28(24,25)21-16-19-12(9-27-16)8-14(23)20-15-17-6-7-26-15/h2-7,9H,8H2,1H3,(H,18,22)(H,19,21)(H,17,20,23). The molecule has 0 spiro atoms. The lowest BCUT2D eigenvalue weighted by atomic mass is 10.3. The van der Waals surface area contributed by atoms with Gasteiger partial charge in [-0.25, -0.2) is 18.4 Å². The topological polar surface area (TPSA) is 130 Å². The molecule has 3 aromatic rings. The Hall–Kier alpha value is -2.83. The number of amides is 2. The van der Waals surface area contributed by atoms with E-state index in [2.05, 4.69) is 25.3 Å². The second kappa shape index (κ2) is 8.46. The van der Waals surface area contributed by atoms with Gasteiger partial charge in [0, 0.05) is 29.6 Å². The van der Waals surface area contributed by atoms with Crippen LogP contribution in [0.15, 0.2) is 46.1 Å². The summed E-state index contributed by atoms with van der Waals surface area (Å²) in [5.41, 5.74) is 0.937. The molecule has 3 rings (SSSR count). The summed E-state index contributed by atoms with van der Waals surface area (Å²) in [4.78, 5) is 31.1. The number of aromatic nitrogens is 2. The van der Waals surface area contributed by atoms with Crippen molar-refractivity contribution in [2.24, 2.45) is 0 Å². The lowest BCUT2D eigenvalue weighted by Gasteiger charge is -2.06. The Balaban J connectivity index is 1.63. The van der Waals surface area contributed by atoms with E-state index in [9.17, 15) is 18.0 Å². The third kappa shape index (κ3) is 5.34. The average Bonchev–Trinajstić information content (AvgIpc) is 3.26. The summed E-state index contributed by atoms with van der Waals surface area (Å²) in [6, 6.07) is 5.74. The van der Waals surface area contributed by atoms with Crippen LogP contribution in [0.25, 0.3) is 0 Å². The van der Waals surface area contributed by atoms with Gasteiger partial charge in [-0.2, -0.15) is 0 Å². The van der Waals surface area contributed by atoms with E-state index < -0.39 is 10.0 Å². The first-order valence-electron chi connectivity index (χ1n) is 7.86. The van der Waals surface area contributed by atoms with Gasteiger partial charge in [0.2, 0.25) is 11.8 Å². The fraction of sp³-hybridized carbons (Fsp3) is 0.125. The molecule has 1 aromatic carbocycles. The molecule has 2 heterocycles. The van der Waals surface area contributed by atoms with E-state index in [0.717, 1.165) is 11.3 Å². The van der Waals surface area contributed by atoms with Crippen LogP contribution in [0.3, 0.4) is 0 Å². The number of thiazole rings is 2. The van der Waals surface area contributed by atoms with E-state index in [0.29, 0.717) is 16.5 Å². The van der Waals surface area contributed by atoms with E-state index in [4.69, 9.17) is 0 Å². The summed E-state index contributed by atoms with van der Waals surface area (Å²) in [5.74, 6) is -0.536. The van der Waals surface area contributed by atoms with Crippen LogP contribution in [0.1, 0.15) is 12.6 Å². The number of anilines is 3. The number of carbonyl (C=O) groups excluding carboxylic acids is 2. The normalized spacial score (nSPS) is 11.0. The number of hydrogen-bond acceptors (Lipinski definition) is 8. The van der Waals surface area contributed by atoms with Crippen LogP contribution < -0.4 is 15.4 Å². The van der Waals surface area contributed by atoms with Crippen LogP contribution >= 0.6 is 22.7 Å². The molecule has 0 bridgehead atoms. The zero-order chi connectivity index (χ0) is 20.1. The Morgan fingerprint density at radius 3 is 2.46 bits per heavy atom. The van der Waals surface area contributed by atoms with Crippen LogP contribution in [0, 0.1) is 0 Å². The number of carbonyl (C=O) groups is 2. The van der Waals surface area contributed by atoms with Crippen molar-refractivity contribution in [2.75, 3.05) is 15.4 Å². The smallest absolute Gasteiger partial charge is 0.263 e. The Labute approximate surface area is 168 Å². The van der Waals surface area contributed by atoms with Crippen molar-refractivity contribution in [3.63, 3.8) is 0 Å². The van der Waals surface area contributed by atoms with Gasteiger partial charge in [0.05, 0.1) is 17.0 Å². The Kier molecular flexibility index (Phi) is 6.02. The summed E-state index contributed by atoms with van der Waals surface area (Å²) < 4.78 is 27.3. The number of benzene rings is 1. The van der Waals surface area contributed by atoms with Crippen molar-refractivity contribution in [3.8, 4) is 0 Å². The van der Waals surface area contributed by atoms with Crippen molar-refractivity contribution in [3.05, 3.63) is 46.9 Å². The van der Waals surface area contributed by atoms with Gasteiger partial charge >= 0.3 is 0 Å². The van der Waals surface area contributed by atoms with Crippen molar-refractivity contribution in [1.29, 1.82) is 0 Å². The zero-order valence-corrected chi connectivity index (χ0v) is 17.0. The van der Waals surface area contributed by atoms with Crippen molar-refractivity contribution >= 4 is 60.5 Å². The molecule has 2 amide bonds. The van der Waals surface area contributed by atoms with E-state index in [-0.39, 0.29) is 28.3 Å². The quantitative estimate of drug-likeness (QED) is 0.521. The highest BCUT2D eigenvalue weighted by Gasteiger charge is 2.17. The highest BCUT2D eigenvalue weighted by atomic mass is 32.2. The summed E-state index contributed by atoms with van der Waals surface area (Å²) in [7, 11) is -3.84. The van der Waals surface area contributed by atoms with Crippen molar-refractivity contribution in [1.82, 2.24) is 9.97 Å². The molecule has 12 heteroatoms. The highest BCUT2D eigenvalue weighted by molar-refractivity contribution is 7.93. The number of nitrogens with one attached hydrogen (secondary N) is 3. The second-order valence-corrected chi connectivity index (χ2v) is 8.95. The molecule has 0 aliphatic carbocycles. The maximum Gasteiger partial charge on any atom is 0.263 e. The first-order valence-corrected chi connectivity index (χ1v) is 11.1. The third-order valence-corrected chi connectivity index (χ3v) is 6.26. The van der Waals surface area contributed by atoms with E-state index in [1.54, 1.807) is 17.0 Å². The van der Waals surface area contributed by atoms with Crippen LogP contribution in [0.5, 0.6) is 0 Å². The minimum absolute atomic E-state index is 0.00319. The van der Waals surface area contributed by atoms with E-state index in [1.165, 1.54) is 42.5 Å². The molecule has 0 saturated carbocycles. The fourth-order valence-electron chi connectivity index (χ4n) is 2.14. The predicted molar refractivity (Wildman–Crippen MR) is 108 cm³/mol. The van der Waals surface area contributed by atoms with E-state index >= 15 is 0 Å². The maximum atomic E-state index is 12.5. The minimum Gasteiger partial charge on any atom is -0.326 e. The lowest BCUT2D eigenvalue weighted by molar-refractivity contribution is -0.116. The van der Waals surface area contributed by atoms with Gasteiger partial charge in [0.1, 0.15) is 0 Å². The molecule has 0 fully saturated rings. The Morgan fingerprint density at radius 1 is 1.07 bits per heavy atom. The van der Waals surface area contributed by atoms with Crippen LogP contribution in [0.2, 0.25) is 0 Å². The van der Waals surface area contributed by atoms with Gasteiger partial charge in [-0.1, -0.05) is 0 Å². The monoisotopic (exact) mass is 437 g/mol. The molecular weight excluding hydrogens is 422 g/mol. The van der Waals surface area contributed by atoms with Crippen LogP contribution in [-0.2, 0) is 26.0 Å². The number of nitrogens with zero attached hydrogens (tertiary/aromatic N) is 2. The summed E-state index contributed by atoms with van der Waals surface area (Å²) >= 11 is 2.38. The first-order chi connectivity index (χ1) is 13.3. The van der Waals surface area contributed by atoms with Gasteiger partial charge in [0.15, 0.2) is 10.3 Å². The Bertz CT molecular complexity index is 1080.